The molecule has 0 aliphatic heterocycles. The molecule has 178 valence electrons. The Morgan fingerprint density at radius 3 is 2.38 bits per heavy atom. The van der Waals surface area contributed by atoms with Gasteiger partial charge in [0, 0.05) is 31.5 Å². The Labute approximate surface area is 177 Å². The number of anilines is 1. The number of nitrogens with zero attached hydrogens (tertiary/aromatic N) is 1. The number of pyridine rings is 1. The van der Waals surface area contributed by atoms with Crippen LogP contribution in [0, 0.1) is 5.82 Å². The van der Waals surface area contributed by atoms with E-state index < -0.39 is 68.8 Å². The zero-order chi connectivity index (χ0) is 24.1. The number of hydrogen-bond donors (Lipinski definition) is 2. The second-order valence-corrected chi connectivity index (χ2v) is 8.61. The molecule has 0 saturated carbocycles. The van der Waals surface area contributed by atoms with Gasteiger partial charge in [-0.3, -0.25) is 4.72 Å². The lowest BCUT2D eigenvalue weighted by atomic mass is 9.83. The van der Waals surface area contributed by atoms with E-state index in [0.29, 0.717) is 0 Å². The number of aromatic nitrogens is 2. The van der Waals surface area contributed by atoms with Crippen LogP contribution in [0.1, 0.15) is 23.4 Å². The molecule has 7 nitrogen and oxygen atoms in total. The first kappa shape index (κ1) is 24.1. The molecule has 2 aromatic rings. The number of methoxy groups -OCH3 is 2. The summed E-state index contributed by atoms with van der Waals surface area (Å²) >= 11 is 0. The third-order valence-electron chi connectivity index (χ3n) is 5.12. The van der Waals surface area contributed by atoms with Crippen LogP contribution in [0.2, 0.25) is 0 Å². The molecule has 2 N–H and O–H groups in total. The molecule has 0 bridgehead atoms. The van der Waals surface area contributed by atoms with Crippen LogP contribution in [0.15, 0.2) is 17.2 Å². The normalized spacial score (nSPS) is 19.5. The van der Waals surface area contributed by atoms with Crippen molar-refractivity contribution in [1.82, 2.24) is 9.97 Å². The highest BCUT2D eigenvalue weighted by Gasteiger charge is 2.57. The molecule has 32 heavy (non-hydrogen) atoms. The molecule has 0 fully saturated rings. The molecule has 3 rings (SSSR count). The maximum Gasteiger partial charge on any atom is 0.436 e. The van der Waals surface area contributed by atoms with Gasteiger partial charge in [-0.15, -0.1) is 0 Å². The maximum atomic E-state index is 13.9. The third-order valence-corrected chi connectivity index (χ3v) is 6.56. The minimum absolute atomic E-state index is 0.0283. The van der Waals surface area contributed by atoms with E-state index >= 15 is 0 Å². The number of nitrogens with one attached hydrogen (secondary N) is 2. The summed E-state index contributed by atoms with van der Waals surface area (Å²) in [7, 11) is -2.76. The van der Waals surface area contributed by atoms with Gasteiger partial charge in [0.05, 0.1) is 7.11 Å². The van der Waals surface area contributed by atoms with E-state index in [1.807, 2.05) is 4.72 Å². The Kier molecular flexibility index (Phi) is 5.87. The number of rotatable bonds is 5. The first-order chi connectivity index (χ1) is 14.6. The van der Waals surface area contributed by atoms with E-state index in [9.17, 15) is 39.2 Å². The highest BCUT2D eigenvalue weighted by molar-refractivity contribution is 7.92. The maximum absolute atomic E-state index is 13.9. The van der Waals surface area contributed by atoms with Gasteiger partial charge < -0.3 is 14.5 Å². The topological polar surface area (TPSA) is 93.3 Å². The van der Waals surface area contributed by atoms with E-state index in [2.05, 4.69) is 14.7 Å². The number of sulfonamides is 1. The lowest BCUT2D eigenvalue weighted by molar-refractivity contribution is -0.273. The average molecular weight is 491 g/mol. The van der Waals surface area contributed by atoms with E-state index in [0.717, 1.165) is 20.4 Å². The minimum Gasteiger partial charge on any atom is -0.479 e. The molecule has 0 amide bonds. The number of hydrogen-bond acceptors (Lipinski definition) is 5. The number of fused-ring (bicyclic) bond motifs is 1. The molecular formula is C17H16F7N3O4S. The summed E-state index contributed by atoms with van der Waals surface area (Å²) in [4.78, 5) is 5.01. The predicted molar refractivity (Wildman–Crippen MR) is 95.2 cm³/mol. The molecule has 1 aliphatic carbocycles. The molecule has 2 aromatic heterocycles. The molecule has 1 atom stereocenters. The fraction of sp³-hybridized carbons (Fsp3) is 0.471. The first-order valence-corrected chi connectivity index (χ1v) is 10.3. The molecule has 2 heterocycles. The second-order valence-electron chi connectivity index (χ2n) is 6.96. The van der Waals surface area contributed by atoms with E-state index in [1.54, 1.807) is 0 Å². The van der Waals surface area contributed by atoms with Crippen molar-refractivity contribution in [3.05, 3.63) is 35.0 Å². The van der Waals surface area contributed by atoms with Gasteiger partial charge in [-0.1, -0.05) is 0 Å². The van der Waals surface area contributed by atoms with Crippen LogP contribution < -0.4 is 9.46 Å². The molecular weight excluding hydrogens is 475 g/mol. The van der Waals surface area contributed by atoms with E-state index in [1.165, 1.54) is 0 Å². The van der Waals surface area contributed by atoms with Crippen molar-refractivity contribution in [3.8, 4) is 5.88 Å². The summed E-state index contributed by atoms with van der Waals surface area (Å²) in [5.41, 5.74) is -5.10. The van der Waals surface area contributed by atoms with Crippen molar-refractivity contribution in [2.75, 3.05) is 18.9 Å². The first-order valence-electron chi connectivity index (χ1n) is 8.81. The second kappa shape index (κ2) is 7.79. The molecule has 0 aromatic carbocycles. The van der Waals surface area contributed by atoms with Gasteiger partial charge in [-0.25, -0.2) is 17.8 Å². The van der Waals surface area contributed by atoms with Crippen molar-refractivity contribution in [3.63, 3.8) is 0 Å². The standard InChI is InChI=1S/C17H16F7N3O4S/c1-30-14-10(5-9(18)13(26-14)16(19,20)21)27-32(28,29)12-7-25-11-6-15(31-2,17(22,23)24)4-3-8(11)12/h5,7,25,27H,3-4,6H2,1-2H3/t15-/m1/s1. The smallest absolute Gasteiger partial charge is 0.436 e. The van der Waals surface area contributed by atoms with Crippen LogP contribution in [0.3, 0.4) is 0 Å². The van der Waals surface area contributed by atoms with Gasteiger partial charge in [0.15, 0.2) is 17.1 Å². The number of aromatic amines is 1. The summed E-state index contributed by atoms with van der Waals surface area (Å²) < 4.78 is 130. The average Bonchev–Trinajstić information content (AvgIpc) is 3.09. The van der Waals surface area contributed by atoms with Crippen LogP contribution in [-0.2, 0) is 33.8 Å². The Balaban J connectivity index is 1.97. The zero-order valence-electron chi connectivity index (χ0n) is 16.4. The van der Waals surface area contributed by atoms with Gasteiger partial charge >= 0.3 is 12.4 Å². The monoisotopic (exact) mass is 491 g/mol. The highest BCUT2D eigenvalue weighted by Crippen LogP contribution is 2.44. The van der Waals surface area contributed by atoms with Crippen LogP contribution >= 0.6 is 0 Å². The Morgan fingerprint density at radius 1 is 1.19 bits per heavy atom. The molecule has 1 aliphatic rings. The van der Waals surface area contributed by atoms with Gasteiger partial charge in [0.1, 0.15) is 10.6 Å². The number of alkyl halides is 6. The Morgan fingerprint density at radius 2 is 1.84 bits per heavy atom. The summed E-state index contributed by atoms with van der Waals surface area (Å²) in [6.07, 6.45) is -10.5. The van der Waals surface area contributed by atoms with Crippen molar-refractivity contribution in [2.24, 2.45) is 0 Å². The fourth-order valence-corrected chi connectivity index (χ4v) is 4.79. The number of halogens is 7. The van der Waals surface area contributed by atoms with Gasteiger partial charge in [-0.05, 0) is 18.4 Å². The van der Waals surface area contributed by atoms with E-state index in [4.69, 9.17) is 4.74 Å². The van der Waals surface area contributed by atoms with Gasteiger partial charge in [0.25, 0.3) is 10.0 Å². The third kappa shape index (κ3) is 4.10. The predicted octanol–water partition coefficient (Wildman–Crippen LogP) is 3.81. The zero-order valence-corrected chi connectivity index (χ0v) is 17.2. The van der Waals surface area contributed by atoms with Crippen LogP contribution in [-0.4, -0.2) is 44.4 Å². The summed E-state index contributed by atoms with van der Waals surface area (Å²) in [5.74, 6) is -2.69. The van der Waals surface area contributed by atoms with Crippen molar-refractivity contribution in [2.45, 2.75) is 42.1 Å². The van der Waals surface area contributed by atoms with E-state index in [-0.39, 0.29) is 23.7 Å². The van der Waals surface area contributed by atoms with Crippen molar-refractivity contribution >= 4 is 15.7 Å². The Bertz CT molecular complexity index is 1130. The molecule has 0 unspecified atom stereocenters. The summed E-state index contributed by atoms with van der Waals surface area (Å²) in [5, 5.41) is 0. The van der Waals surface area contributed by atoms with Crippen molar-refractivity contribution in [1.29, 1.82) is 0 Å². The van der Waals surface area contributed by atoms with Crippen LogP contribution in [0.4, 0.5) is 36.4 Å². The molecule has 0 saturated heterocycles. The molecule has 0 radical (unpaired) electrons. The molecule has 0 spiro atoms. The minimum atomic E-state index is -5.15. The van der Waals surface area contributed by atoms with Crippen LogP contribution in [0.5, 0.6) is 5.88 Å². The quantitative estimate of drug-likeness (QED) is 0.621. The van der Waals surface area contributed by atoms with Gasteiger partial charge in [-0.2, -0.15) is 26.3 Å². The largest absolute Gasteiger partial charge is 0.479 e. The number of ether oxygens (including phenoxy) is 2. The van der Waals surface area contributed by atoms with Gasteiger partial charge in [0.2, 0.25) is 5.88 Å². The summed E-state index contributed by atoms with van der Waals surface area (Å²) in [6.45, 7) is 0. The van der Waals surface area contributed by atoms with Crippen molar-refractivity contribution < 1.29 is 48.6 Å². The Hall–Kier alpha value is -2.55. The summed E-state index contributed by atoms with van der Waals surface area (Å²) in [6, 6.07) is 0.255. The highest BCUT2D eigenvalue weighted by atomic mass is 32.2. The molecule has 15 heteroatoms. The lowest BCUT2D eigenvalue weighted by Crippen LogP contribution is -2.51. The number of H-pyrrole nitrogens is 1. The SMILES string of the molecule is COc1nc(C(F)(F)F)c(F)cc1NS(=O)(=O)c1c[nH]c2c1CC[C@](OC)(C(F)(F)F)C2. The van der Waals surface area contributed by atoms with Crippen LogP contribution in [0.25, 0.3) is 0 Å². The fourth-order valence-electron chi connectivity index (χ4n) is 3.48. The lowest BCUT2D eigenvalue weighted by Gasteiger charge is -2.37.